The van der Waals surface area contributed by atoms with E-state index in [4.69, 9.17) is 4.42 Å². The van der Waals surface area contributed by atoms with Gasteiger partial charge in [0.05, 0.1) is 18.4 Å². The summed E-state index contributed by atoms with van der Waals surface area (Å²) in [6.07, 6.45) is 3.53. The van der Waals surface area contributed by atoms with Crippen LogP contribution in [0, 0.1) is 6.92 Å². The number of hydrogen-bond acceptors (Lipinski definition) is 3. The molecule has 3 nitrogen and oxygen atoms in total. The lowest BCUT2D eigenvalue weighted by Gasteiger charge is -2.07. The summed E-state index contributed by atoms with van der Waals surface area (Å²) in [4.78, 5) is 13.6. The second-order valence-electron chi connectivity index (χ2n) is 5.21. The molecule has 0 aliphatic heterocycles. The Morgan fingerprint density at radius 1 is 1.22 bits per heavy atom. The van der Waals surface area contributed by atoms with Gasteiger partial charge in [-0.25, -0.2) is 0 Å². The smallest absolute Gasteiger partial charge is 0.253 e. The molecule has 0 spiro atoms. The maximum atomic E-state index is 12.6. The summed E-state index contributed by atoms with van der Waals surface area (Å²) in [5.74, 6) is 0.629. The van der Waals surface area contributed by atoms with E-state index in [0.717, 1.165) is 16.2 Å². The molecule has 0 saturated carbocycles. The van der Waals surface area contributed by atoms with E-state index in [9.17, 15) is 4.79 Å². The predicted octanol–water partition coefficient (Wildman–Crippen LogP) is 4.51. The van der Waals surface area contributed by atoms with Crippen LogP contribution < -0.4 is 5.32 Å². The lowest BCUT2D eigenvalue weighted by Crippen LogP contribution is -2.23. The molecule has 0 fully saturated rings. The first kappa shape index (κ1) is 15.3. The van der Waals surface area contributed by atoms with E-state index in [-0.39, 0.29) is 5.91 Å². The Morgan fingerprint density at radius 3 is 2.83 bits per heavy atom. The minimum atomic E-state index is -0.106. The Hall–Kier alpha value is -2.59. The van der Waals surface area contributed by atoms with Crippen molar-refractivity contribution in [1.82, 2.24) is 5.32 Å². The van der Waals surface area contributed by atoms with Gasteiger partial charge in [0, 0.05) is 4.88 Å². The van der Waals surface area contributed by atoms with E-state index in [1.807, 2.05) is 60.8 Å². The summed E-state index contributed by atoms with van der Waals surface area (Å²) >= 11 is 1.55. The van der Waals surface area contributed by atoms with Gasteiger partial charge in [0.25, 0.3) is 5.91 Å². The third kappa shape index (κ3) is 3.99. The van der Waals surface area contributed by atoms with Gasteiger partial charge in [-0.2, -0.15) is 0 Å². The maximum absolute atomic E-state index is 12.6. The Bertz CT molecular complexity index is 802. The van der Waals surface area contributed by atoms with Crippen LogP contribution >= 0.6 is 11.3 Å². The van der Waals surface area contributed by atoms with Crippen LogP contribution in [-0.2, 0) is 11.3 Å². The Morgan fingerprint density at radius 2 is 2.13 bits per heavy atom. The van der Waals surface area contributed by atoms with E-state index < -0.39 is 0 Å². The van der Waals surface area contributed by atoms with Crippen molar-refractivity contribution in [3.63, 3.8) is 0 Å². The van der Waals surface area contributed by atoms with Gasteiger partial charge in [-0.15, -0.1) is 11.3 Å². The Balaban J connectivity index is 1.85. The third-order valence-electron chi connectivity index (χ3n) is 3.39. The zero-order chi connectivity index (χ0) is 16.1. The number of carbonyl (C=O) groups excluding carboxylic acids is 1. The molecule has 0 unspecified atom stereocenters. The van der Waals surface area contributed by atoms with Gasteiger partial charge < -0.3 is 9.73 Å². The molecule has 3 rings (SSSR count). The fourth-order valence-electron chi connectivity index (χ4n) is 2.28. The van der Waals surface area contributed by atoms with E-state index in [0.29, 0.717) is 12.1 Å². The quantitative estimate of drug-likeness (QED) is 0.702. The Labute approximate surface area is 139 Å². The molecule has 3 aromatic rings. The number of rotatable bonds is 5. The fraction of sp³-hybridized carbons (Fsp3) is 0.105. The number of nitrogens with one attached hydrogen (secondary N) is 1. The maximum Gasteiger partial charge on any atom is 0.253 e. The van der Waals surface area contributed by atoms with Gasteiger partial charge in [0.15, 0.2) is 0 Å². The van der Waals surface area contributed by atoms with Gasteiger partial charge in [-0.3, -0.25) is 4.79 Å². The number of aryl methyl sites for hydroxylation is 1. The van der Waals surface area contributed by atoms with Gasteiger partial charge in [0.2, 0.25) is 0 Å². The number of hydrogen-bond donors (Lipinski definition) is 1. The van der Waals surface area contributed by atoms with Gasteiger partial charge in [0.1, 0.15) is 5.76 Å². The minimum absolute atomic E-state index is 0.106. The van der Waals surface area contributed by atoms with Crippen molar-refractivity contribution in [1.29, 1.82) is 0 Å². The van der Waals surface area contributed by atoms with Crippen LogP contribution in [0.25, 0.3) is 11.6 Å². The molecule has 23 heavy (non-hydrogen) atoms. The Kier molecular flexibility index (Phi) is 4.74. The molecule has 1 N–H and O–H groups in total. The van der Waals surface area contributed by atoms with Gasteiger partial charge >= 0.3 is 0 Å². The summed E-state index contributed by atoms with van der Waals surface area (Å²) < 4.78 is 5.26. The first-order chi connectivity index (χ1) is 11.2. The van der Waals surface area contributed by atoms with Crippen molar-refractivity contribution in [2.45, 2.75) is 13.5 Å². The highest BCUT2D eigenvalue weighted by atomic mass is 32.1. The van der Waals surface area contributed by atoms with Crippen molar-refractivity contribution in [2.75, 3.05) is 0 Å². The predicted molar refractivity (Wildman–Crippen MR) is 93.9 cm³/mol. The van der Waals surface area contributed by atoms with Crippen LogP contribution in [-0.4, -0.2) is 5.91 Å². The molecule has 4 heteroatoms. The van der Waals surface area contributed by atoms with E-state index in [1.54, 1.807) is 17.6 Å². The number of furan rings is 1. The summed E-state index contributed by atoms with van der Waals surface area (Å²) in [5.41, 5.74) is 2.85. The molecule has 2 aromatic heterocycles. The van der Waals surface area contributed by atoms with Crippen LogP contribution in [0.5, 0.6) is 0 Å². The average molecular weight is 323 g/mol. The molecular formula is C19H17NO2S. The second kappa shape index (κ2) is 7.11. The fourth-order valence-corrected chi connectivity index (χ4v) is 3.02. The van der Waals surface area contributed by atoms with E-state index in [1.165, 1.54) is 5.56 Å². The third-order valence-corrected chi connectivity index (χ3v) is 4.29. The molecule has 1 amide bonds. The highest BCUT2D eigenvalue weighted by molar-refractivity contribution is 7.11. The normalized spacial score (nSPS) is 11.4. The lowest BCUT2D eigenvalue weighted by atomic mass is 10.1. The van der Waals surface area contributed by atoms with E-state index >= 15 is 0 Å². The van der Waals surface area contributed by atoms with Crippen LogP contribution in [0.1, 0.15) is 21.8 Å². The van der Waals surface area contributed by atoms with Crippen LogP contribution in [0.2, 0.25) is 0 Å². The van der Waals surface area contributed by atoms with Crippen LogP contribution in [0.15, 0.2) is 64.6 Å². The van der Waals surface area contributed by atoms with Crippen molar-refractivity contribution >= 4 is 28.9 Å². The summed E-state index contributed by atoms with van der Waals surface area (Å²) in [6.45, 7) is 2.42. The molecule has 2 heterocycles. The molecule has 0 aliphatic carbocycles. The molecule has 1 aromatic carbocycles. The highest BCUT2D eigenvalue weighted by Gasteiger charge is 2.13. The standard InChI is InChI=1S/C19H17NO2S/c1-14-5-2-6-15(11-14)12-17(18-8-4-10-23-18)19(21)20-13-16-7-3-9-22-16/h2-12H,13H2,1H3,(H,20,21)/b17-12+. The molecule has 0 saturated heterocycles. The number of amides is 1. The van der Waals surface area contributed by atoms with Crippen LogP contribution in [0.4, 0.5) is 0 Å². The summed E-state index contributed by atoms with van der Waals surface area (Å²) in [5, 5.41) is 4.89. The van der Waals surface area contributed by atoms with Crippen molar-refractivity contribution in [3.05, 3.63) is 81.9 Å². The summed E-state index contributed by atoms with van der Waals surface area (Å²) in [7, 11) is 0. The molecule has 0 aliphatic rings. The minimum Gasteiger partial charge on any atom is -0.467 e. The first-order valence-electron chi connectivity index (χ1n) is 7.35. The highest BCUT2D eigenvalue weighted by Crippen LogP contribution is 2.23. The second-order valence-corrected chi connectivity index (χ2v) is 6.16. The zero-order valence-electron chi connectivity index (χ0n) is 12.8. The van der Waals surface area contributed by atoms with Gasteiger partial charge in [-0.05, 0) is 42.1 Å². The monoisotopic (exact) mass is 323 g/mol. The van der Waals surface area contributed by atoms with Gasteiger partial charge in [-0.1, -0.05) is 35.9 Å². The largest absolute Gasteiger partial charge is 0.467 e. The molecule has 0 radical (unpaired) electrons. The molecule has 116 valence electrons. The van der Waals surface area contributed by atoms with Crippen molar-refractivity contribution < 1.29 is 9.21 Å². The first-order valence-corrected chi connectivity index (χ1v) is 8.23. The van der Waals surface area contributed by atoms with Crippen molar-refractivity contribution in [3.8, 4) is 0 Å². The SMILES string of the molecule is Cc1cccc(/C=C(/C(=O)NCc2ccco2)c2cccs2)c1. The molecular weight excluding hydrogens is 306 g/mol. The average Bonchev–Trinajstić information content (AvgIpc) is 3.23. The molecule has 0 atom stereocenters. The van der Waals surface area contributed by atoms with Crippen LogP contribution in [0.3, 0.4) is 0 Å². The number of thiophene rings is 1. The number of carbonyl (C=O) groups is 1. The zero-order valence-corrected chi connectivity index (χ0v) is 13.6. The van der Waals surface area contributed by atoms with Crippen molar-refractivity contribution in [2.24, 2.45) is 0 Å². The lowest BCUT2D eigenvalue weighted by molar-refractivity contribution is -0.115. The topological polar surface area (TPSA) is 42.2 Å². The molecule has 0 bridgehead atoms. The van der Waals surface area contributed by atoms with E-state index in [2.05, 4.69) is 11.4 Å². The number of benzene rings is 1. The summed E-state index contributed by atoms with van der Waals surface area (Å²) in [6, 6.07) is 15.7.